The Hall–Kier alpha value is -0.0800. The topological polar surface area (TPSA) is 29.5 Å². The van der Waals surface area contributed by atoms with Crippen molar-refractivity contribution in [1.82, 2.24) is 0 Å². The minimum Gasteiger partial charge on any atom is -0.390 e. The van der Waals surface area contributed by atoms with Crippen molar-refractivity contribution >= 4 is 0 Å². The highest BCUT2D eigenvalue weighted by atomic mass is 16.5. The summed E-state index contributed by atoms with van der Waals surface area (Å²) < 4.78 is 5.51. The molecule has 2 heteroatoms. The van der Waals surface area contributed by atoms with Gasteiger partial charge in [-0.2, -0.15) is 0 Å². The van der Waals surface area contributed by atoms with E-state index in [1.165, 1.54) is 19.3 Å². The fraction of sp³-hybridized carbons (Fsp3) is 1.00. The summed E-state index contributed by atoms with van der Waals surface area (Å²) in [6.45, 7) is 3.92. The minimum atomic E-state index is -0.403. The van der Waals surface area contributed by atoms with Crippen LogP contribution in [0.4, 0.5) is 0 Å². The molecule has 0 aromatic heterocycles. The van der Waals surface area contributed by atoms with Gasteiger partial charge in [-0.15, -0.1) is 0 Å². The molecule has 0 bridgehead atoms. The smallest absolute Gasteiger partial charge is 0.0700 e. The minimum absolute atomic E-state index is 0.403. The van der Waals surface area contributed by atoms with E-state index in [-0.39, 0.29) is 0 Å². The lowest BCUT2D eigenvalue weighted by atomic mass is 9.69. The first-order chi connectivity index (χ1) is 7.24. The van der Waals surface area contributed by atoms with Crippen LogP contribution >= 0.6 is 0 Å². The van der Waals surface area contributed by atoms with E-state index in [1.54, 1.807) is 0 Å². The molecule has 1 saturated carbocycles. The van der Waals surface area contributed by atoms with Crippen molar-refractivity contribution in [3.63, 3.8) is 0 Å². The summed E-state index contributed by atoms with van der Waals surface area (Å²) in [5, 5.41) is 10.7. The second-order valence-electron chi connectivity index (χ2n) is 5.39. The van der Waals surface area contributed by atoms with E-state index in [9.17, 15) is 5.11 Å². The third-order valence-electron chi connectivity index (χ3n) is 4.36. The Bertz CT molecular complexity index is 199. The lowest BCUT2D eigenvalue weighted by molar-refractivity contribution is -0.109. The van der Waals surface area contributed by atoms with Crippen LogP contribution in [0.2, 0.25) is 0 Å². The predicted molar refractivity (Wildman–Crippen MR) is 60.7 cm³/mol. The molecule has 3 unspecified atom stereocenters. The van der Waals surface area contributed by atoms with Gasteiger partial charge in [-0.05, 0) is 31.6 Å². The van der Waals surface area contributed by atoms with Crippen LogP contribution in [0.3, 0.4) is 0 Å². The maximum absolute atomic E-state index is 10.7. The highest BCUT2D eigenvalue weighted by molar-refractivity contribution is 4.92. The summed E-state index contributed by atoms with van der Waals surface area (Å²) in [4.78, 5) is 0. The Morgan fingerprint density at radius 3 is 2.87 bits per heavy atom. The SMILES string of the molecule is CCC1CCCC(O)(C2CCCOC2)C1. The second-order valence-corrected chi connectivity index (χ2v) is 5.39. The lowest BCUT2D eigenvalue weighted by Crippen LogP contribution is -2.45. The van der Waals surface area contributed by atoms with Crippen molar-refractivity contribution in [2.24, 2.45) is 11.8 Å². The molecule has 1 aliphatic heterocycles. The molecular formula is C13H24O2. The summed E-state index contributed by atoms with van der Waals surface area (Å²) in [6, 6.07) is 0. The van der Waals surface area contributed by atoms with E-state index in [0.717, 1.165) is 44.8 Å². The molecule has 2 rings (SSSR count). The van der Waals surface area contributed by atoms with Gasteiger partial charge in [0, 0.05) is 12.5 Å². The van der Waals surface area contributed by atoms with Gasteiger partial charge in [0.15, 0.2) is 0 Å². The Morgan fingerprint density at radius 2 is 2.20 bits per heavy atom. The van der Waals surface area contributed by atoms with Crippen molar-refractivity contribution in [1.29, 1.82) is 0 Å². The summed E-state index contributed by atoms with van der Waals surface area (Å²) in [5.41, 5.74) is -0.403. The first kappa shape index (κ1) is 11.4. The van der Waals surface area contributed by atoms with E-state index < -0.39 is 5.60 Å². The number of hydrogen-bond acceptors (Lipinski definition) is 2. The normalized spacial score (nSPS) is 42.8. The van der Waals surface area contributed by atoms with Crippen LogP contribution < -0.4 is 0 Å². The molecule has 1 N–H and O–H groups in total. The molecular weight excluding hydrogens is 188 g/mol. The highest BCUT2D eigenvalue weighted by Gasteiger charge is 2.41. The molecule has 0 aromatic carbocycles. The zero-order valence-corrected chi connectivity index (χ0v) is 9.87. The van der Waals surface area contributed by atoms with E-state index in [4.69, 9.17) is 4.74 Å². The highest BCUT2D eigenvalue weighted by Crippen LogP contribution is 2.41. The number of hydrogen-bond donors (Lipinski definition) is 1. The zero-order chi connectivity index (χ0) is 10.7. The van der Waals surface area contributed by atoms with Gasteiger partial charge < -0.3 is 9.84 Å². The third kappa shape index (κ3) is 2.54. The monoisotopic (exact) mass is 212 g/mol. The maximum Gasteiger partial charge on any atom is 0.0700 e. The lowest BCUT2D eigenvalue weighted by Gasteiger charge is -2.43. The quantitative estimate of drug-likeness (QED) is 0.762. The fourth-order valence-corrected chi connectivity index (χ4v) is 3.28. The standard InChI is InChI=1S/C13H24O2/c1-2-11-5-3-7-13(14,9-11)12-6-4-8-15-10-12/h11-12,14H,2-10H2,1H3. The molecule has 0 radical (unpaired) electrons. The van der Waals surface area contributed by atoms with Gasteiger partial charge in [0.05, 0.1) is 12.2 Å². The van der Waals surface area contributed by atoms with Crippen LogP contribution in [0.1, 0.15) is 51.9 Å². The second kappa shape index (κ2) is 4.84. The van der Waals surface area contributed by atoms with Crippen LogP contribution in [0.15, 0.2) is 0 Å². The molecule has 1 aliphatic carbocycles. The zero-order valence-electron chi connectivity index (χ0n) is 9.87. The van der Waals surface area contributed by atoms with Crippen molar-refractivity contribution in [3.8, 4) is 0 Å². The predicted octanol–water partition coefficient (Wildman–Crippen LogP) is 2.74. The fourth-order valence-electron chi connectivity index (χ4n) is 3.28. The largest absolute Gasteiger partial charge is 0.390 e. The molecule has 2 fully saturated rings. The van der Waals surface area contributed by atoms with Crippen LogP contribution in [0.5, 0.6) is 0 Å². The Kier molecular flexibility index (Phi) is 3.68. The van der Waals surface area contributed by atoms with E-state index in [0.29, 0.717) is 5.92 Å². The van der Waals surface area contributed by atoms with Crippen LogP contribution in [-0.2, 0) is 4.74 Å². The number of ether oxygens (including phenoxy) is 1. The molecule has 0 aromatic rings. The van der Waals surface area contributed by atoms with Crippen molar-refractivity contribution in [3.05, 3.63) is 0 Å². The molecule has 15 heavy (non-hydrogen) atoms. The molecule has 1 heterocycles. The van der Waals surface area contributed by atoms with Gasteiger partial charge >= 0.3 is 0 Å². The van der Waals surface area contributed by atoms with Gasteiger partial charge in [-0.1, -0.05) is 26.2 Å². The molecule has 2 aliphatic rings. The van der Waals surface area contributed by atoms with Crippen molar-refractivity contribution < 1.29 is 9.84 Å². The van der Waals surface area contributed by atoms with Gasteiger partial charge in [0.1, 0.15) is 0 Å². The molecule has 88 valence electrons. The average molecular weight is 212 g/mol. The molecule has 0 spiro atoms. The average Bonchev–Trinajstić information content (AvgIpc) is 2.30. The van der Waals surface area contributed by atoms with E-state index in [1.807, 2.05) is 0 Å². The Balaban J connectivity index is 1.97. The van der Waals surface area contributed by atoms with E-state index >= 15 is 0 Å². The van der Waals surface area contributed by atoms with Crippen molar-refractivity contribution in [2.45, 2.75) is 57.5 Å². The van der Waals surface area contributed by atoms with Crippen molar-refractivity contribution in [2.75, 3.05) is 13.2 Å². The third-order valence-corrected chi connectivity index (χ3v) is 4.36. The van der Waals surface area contributed by atoms with Gasteiger partial charge in [0.25, 0.3) is 0 Å². The van der Waals surface area contributed by atoms with Gasteiger partial charge in [-0.3, -0.25) is 0 Å². The number of aliphatic hydroxyl groups is 1. The van der Waals surface area contributed by atoms with Crippen LogP contribution in [0.25, 0.3) is 0 Å². The summed E-state index contributed by atoms with van der Waals surface area (Å²) >= 11 is 0. The summed E-state index contributed by atoms with van der Waals surface area (Å²) in [5.74, 6) is 1.14. The summed E-state index contributed by atoms with van der Waals surface area (Å²) in [7, 11) is 0. The first-order valence-electron chi connectivity index (χ1n) is 6.55. The molecule has 1 saturated heterocycles. The Morgan fingerprint density at radius 1 is 1.33 bits per heavy atom. The van der Waals surface area contributed by atoms with Crippen LogP contribution in [-0.4, -0.2) is 23.9 Å². The Labute approximate surface area is 93.0 Å². The first-order valence-corrected chi connectivity index (χ1v) is 6.55. The molecule has 0 amide bonds. The maximum atomic E-state index is 10.7. The molecule has 3 atom stereocenters. The van der Waals surface area contributed by atoms with Gasteiger partial charge in [-0.25, -0.2) is 0 Å². The summed E-state index contributed by atoms with van der Waals surface area (Å²) in [6.07, 6.45) is 8.03. The van der Waals surface area contributed by atoms with Gasteiger partial charge in [0.2, 0.25) is 0 Å². The van der Waals surface area contributed by atoms with E-state index in [2.05, 4.69) is 6.92 Å². The van der Waals surface area contributed by atoms with Crippen LogP contribution in [0, 0.1) is 11.8 Å². The number of rotatable bonds is 2. The molecule has 2 nitrogen and oxygen atoms in total.